The van der Waals surface area contributed by atoms with Crippen molar-refractivity contribution in [2.75, 3.05) is 0 Å². The maximum Gasteiger partial charge on any atom is 0.155 e. The van der Waals surface area contributed by atoms with Gasteiger partial charge in [0.05, 0.1) is 16.0 Å². The summed E-state index contributed by atoms with van der Waals surface area (Å²) in [6.07, 6.45) is 13.5. The Bertz CT molecular complexity index is 960. The maximum absolute atomic E-state index is 13.1. The van der Waals surface area contributed by atoms with Gasteiger partial charge in [-0.15, -0.1) is 0 Å². The number of benzene rings is 1. The second-order valence-corrected chi connectivity index (χ2v) is 12.8. The summed E-state index contributed by atoms with van der Waals surface area (Å²) in [4.78, 5) is 13.0. The first-order valence-electron chi connectivity index (χ1n) is 12.2. The fourth-order valence-corrected chi connectivity index (χ4v) is 8.94. The number of carbonyl (C=O) groups is 1. The minimum Gasteiger partial charge on any atom is -0.295 e. The van der Waals surface area contributed by atoms with E-state index < -0.39 is 10.8 Å². The molecule has 0 bridgehead atoms. The van der Waals surface area contributed by atoms with Crippen LogP contribution in [0, 0.1) is 28.6 Å². The SMILES string of the molecule is CC(C=C1CC[C@H]2[C@@H]3CCC4=CC(=O)CC[C@]4(C)[C@H]3CC[C@]12C)S(=O)c1ccccc1. The Morgan fingerprint density at radius 1 is 0.968 bits per heavy atom. The van der Waals surface area contributed by atoms with E-state index in [0.29, 0.717) is 5.78 Å². The molecule has 1 aromatic carbocycles. The Morgan fingerprint density at radius 2 is 1.71 bits per heavy atom. The van der Waals surface area contributed by atoms with E-state index in [1.807, 2.05) is 36.4 Å². The summed E-state index contributed by atoms with van der Waals surface area (Å²) in [5.74, 6) is 2.59. The predicted octanol–water partition coefficient (Wildman–Crippen LogP) is 6.64. The molecule has 3 heteroatoms. The zero-order valence-corrected chi connectivity index (χ0v) is 20.0. The highest BCUT2D eigenvalue weighted by Crippen LogP contribution is 2.66. The molecule has 3 fully saturated rings. The van der Waals surface area contributed by atoms with Crippen molar-refractivity contribution in [3.8, 4) is 0 Å². The van der Waals surface area contributed by atoms with Gasteiger partial charge in [0.15, 0.2) is 5.78 Å². The standard InChI is InChI=1S/C28H36O2S/c1-19(31(30)23-7-5-4-6-8-23)17-20-10-12-25-24-11-9-21-18-22(29)13-15-27(21,2)26(24)14-16-28(20,25)3/h4-8,17-19,24-26H,9-16H2,1-3H3/t19?,24-,25-,26-,27-,28+,31?/m0/s1. The first-order valence-corrected chi connectivity index (χ1v) is 13.4. The Hall–Kier alpha value is -1.48. The summed E-state index contributed by atoms with van der Waals surface area (Å²) in [5, 5.41) is 0.0495. The molecule has 31 heavy (non-hydrogen) atoms. The lowest BCUT2D eigenvalue weighted by Crippen LogP contribution is -2.49. The number of carbonyl (C=O) groups excluding carboxylic acids is 1. The van der Waals surface area contributed by atoms with Gasteiger partial charge in [0.1, 0.15) is 0 Å². The number of hydrogen-bond acceptors (Lipinski definition) is 2. The molecule has 4 aliphatic rings. The van der Waals surface area contributed by atoms with E-state index in [0.717, 1.165) is 41.9 Å². The maximum atomic E-state index is 13.1. The van der Waals surface area contributed by atoms with E-state index in [2.05, 4.69) is 26.8 Å². The van der Waals surface area contributed by atoms with E-state index in [4.69, 9.17) is 0 Å². The van der Waals surface area contributed by atoms with Gasteiger partial charge < -0.3 is 0 Å². The number of allylic oxidation sites excluding steroid dienone is 2. The monoisotopic (exact) mass is 436 g/mol. The van der Waals surface area contributed by atoms with E-state index in [1.54, 1.807) is 5.57 Å². The van der Waals surface area contributed by atoms with Crippen molar-refractivity contribution in [3.05, 3.63) is 53.6 Å². The predicted molar refractivity (Wildman–Crippen MR) is 127 cm³/mol. The van der Waals surface area contributed by atoms with Crippen molar-refractivity contribution in [3.63, 3.8) is 0 Å². The fraction of sp³-hybridized carbons (Fsp3) is 0.607. The van der Waals surface area contributed by atoms with Gasteiger partial charge in [-0.1, -0.05) is 49.3 Å². The topological polar surface area (TPSA) is 34.1 Å². The van der Waals surface area contributed by atoms with Crippen molar-refractivity contribution in [1.29, 1.82) is 0 Å². The lowest BCUT2D eigenvalue weighted by molar-refractivity contribution is -0.117. The molecule has 5 rings (SSSR count). The zero-order chi connectivity index (χ0) is 21.8. The van der Waals surface area contributed by atoms with Crippen LogP contribution in [0.25, 0.3) is 0 Å². The molecule has 0 spiro atoms. The molecule has 0 radical (unpaired) electrons. The van der Waals surface area contributed by atoms with Crippen LogP contribution < -0.4 is 0 Å². The molecule has 4 aliphatic carbocycles. The fourth-order valence-electron chi connectivity index (χ4n) is 7.80. The highest BCUT2D eigenvalue weighted by molar-refractivity contribution is 7.85. The molecular formula is C28H36O2S. The smallest absolute Gasteiger partial charge is 0.155 e. The van der Waals surface area contributed by atoms with Crippen LogP contribution in [0.4, 0.5) is 0 Å². The third-order valence-electron chi connectivity index (χ3n) is 9.56. The van der Waals surface area contributed by atoms with Crippen molar-refractivity contribution in [1.82, 2.24) is 0 Å². The van der Waals surface area contributed by atoms with Gasteiger partial charge in [-0.05, 0) is 98.7 Å². The molecule has 0 aromatic heterocycles. The minimum absolute atomic E-state index is 0.0495. The average Bonchev–Trinajstić information content (AvgIpc) is 3.10. The first-order chi connectivity index (χ1) is 14.8. The minimum atomic E-state index is -0.994. The quantitative estimate of drug-likeness (QED) is 0.498. The van der Waals surface area contributed by atoms with E-state index in [9.17, 15) is 9.00 Å². The molecule has 1 aromatic rings. The second kappa shape index (κ2) is 7.83. The molecule has 0 heterocycles. The molecule has 7 atom stereocenters. The van der Waals surface area contributed by atoms with Crippen LogP contribution in [0.15, 0.2) is 58.5 Å². The molecule has 2 unspecified atom stereocenters. The molecule has 0 amide bonds. The third-order valence-corrected chi connectivity index (χ3v) is 11.1. The second-order valence-electron chi connectivity index (χ2n) is 11.0. The van der Waals surface area contributed by atoms with Gasteiger partial charge in [-0.3, -0.25) is 9.00 Å². The molecule has 3 saturated carbocycles. The molecule has 0 saturated heterocycles. The zero-order valence-electron chi connectivity index (χ0n) is 19.2. The van der Waals surface area contributed by atoms with Crippen molar-refractivity contribution in [2.24, 2.45) is 28.6 Å². The van der Waals surface area contributed by atoms with Crippen molar-refractivity contribution < 1.29 is 9.00 Å². The summed E-state index contributed by atoms with van der Waals surface area (Å²) in [7, 11) is -0.994. The van der Waals surface area contributed by atoms with Crippen molar-refractivity contribution >= 4 is 16.6 Å². The summed E-state index contributed by atoms with van der Waals surface area (Å²) >= 11 is 0. The first kappa shape index (κ1) is 21.4. The summed E-state index contributed by atoms with van der Waals surface area (Å²) in [6.45, 7) is 7.08. The number of hydrogen-bond donors (Lipinski definition) is 0. The lowest BCUT2D eigenvalue weighted by Gasteiger charge is -2.57. The van der Waals surface area contributed by atoms with Crippen LogP contribution in [0.1, 0.15) is 72.1 Å². The normalized spacial score (nSPS) is 40.5. The third kappa shape index (κ3) is 3.43. The van der Waals surface area contributed by atoms with Crippen LogP contribution in [0.3, 0.4) is 0 Å². The molecule has 0 aliphatic heterocycles. The number of fused-ring (bicyclic) bond motifs is 5. The van der Waals surface area contributed by atoms with Crippen LogP contribution in [0.5, 0.6) is 0 Å². The number of ketones is 1. The molecule has 2 nitrogen and oxygen atoms in total. The van der Waals surface area contributed by atoms with Gasteiger partial charge in [-0.2, -0.15) is 0 Å². The summed E-state index contributed by atoms with van der Waals surface area (Å²) in [6, 6.07) is 9.91. The van der Waals surface area contributed by atoms with Gasteiger partial charge in [0.25, 0.3) is 0 Å². The molecular weight excluding hydrogens is 400 g/mol. The van der Waals surface area contributed by atoms with Gasteiger partial charge >= 0.3 is 0 Å². The highest BCUT2D eigenvalue weighted by Gasteiger charge is 2.57. The van der Waals surface area contributed by atoms with Crippen LogP contribution >= 0.6 is 0 Å². The largest absolute Gasteiger partial charge is 0.295 e. The number of rotatable bonds is 3. The molecule has 166 valence electrons. The van der Waals surface area contributed by atoms with Gasteiger partial charge in [0, 0.05) is 11.3 Å². The van der Waals surface area contributed by atoms with Crippen LogP contribution in [-0.2, 0) is 15.6 Å². The molecule has 0 N–H and O–H groups in total. The van der Waals surface area contributed by atoms with Crippen LogP contribution in [-0.4, -0.2) is 15.2 Å². The Labute approximate surface area is 190 Å². The highest BCUT2D eigenvalue weighted by atomic mass is 32.2. The summed E-state index contributed by atoms with van der Waals surface area (Å²) < 4.78 is 13.1. The van der Waals surface area contributed by atoms with E-state index >= 15 is 0 Å². The Kier molecular flexibility index (Phi) is 5.40. The van der Waals surface area contributed by atoms with Gasteiger partial charge in [0.2, 0.25) is 0 Å². The Balaban J connectivity index is 1.39. The average molecular weight is 437 g/mol. The lowest BCUT2D eigenvalue weighted by atomic mass is 9.47. The van der Waals surface area contributed by atoms with E-state index in [1.165, 1.54) is 37.7 Å². The summed E-state index contributed by atoms with van der Waals surface area (Å²) in [5.41, 5.74) is 3.53. The van der Waals surface area contributed by atoms with Crippen molar-refractivity contribution in [2.45, 2.75) is 82.3 Å². The Morgan fingerprint density at radius 3 is 2.48 bits per heavy atom. The van der Waals surface area contributed by atoms with E-state index in [-0.39, 0.29) is 16.1 Å². The van der Waals surface area contributed by atoms with Gasteiger partial charge in [-0.25, -0.2) is 0 Å². The van der Waals surface area contributed by atoms with Crippen LogP contribution in [0.2, 0.25) is 0 Å².